The second kappa shape index (κ2) is 3.70. The zero-order valence-electron chi connectivity index (χ0n) is 8.63. The third-order valence-electron chi connectivity index (χ3n) is 1.54. The first-order chi connectivity index (χ1) is 6.38. The summed E-state index contributed by atoms with van der Waals surface area (Å²) in [7, 11) is 0. The third-order valence-corrected chi connectivity index (χ3v) is 1.54. The van der Waals surface area contributed by atoms with Gasteiger partial charge in [0.25, 0.3) is 5.91 Å². The summed E-state index contributed by atoms with van der Waals surface area (Å²) in [4.78, 5) is 10.7. The van der Waals surface area contributed by atoms with Gasteiger partial charge in [-0.15, -0.1) is 0 Å². The molecular formula is C11H14NO2. The molecule has 0 saturated heterocycles. The average molecular weight is 192 g/mol. The average Bonchev–Trinajstić information content (AvgIpc) is 2.02. The van der Waals surface area contributed by atoms with Crippen molar-refractivity contribution in [2.45, 2.75) is 26.4 Å². The Morgan fingerprint density at radius 1 is 1.21 bits per heavy atom. The van der Waals surface area contributed by atoms with Crippen LogP contribution in [0.1, 0.15) is 31.1 Å². The molecule has 0 atom stereocenters. The van der Waals surface area contributed by atoms with Crippen molar-refractivity contribution in [1.82, 2.24) is 5.73 Å². The number of hydrogen-bond donors (Lipinski definition) is 0. The van der Waals surface area contributed by atoms with Crippen LogP contribution in [0.4, 0.5) is 0 Å². The van der Waals surface area contributed by atoms with E-state index in [0.29, 0.717) is 11.3 Å². The lowest BCUT2D eigenvalue weighted by Crippen LogP contribution is -2.22. The first-order valence-electron chi connectivity index (χ1n) is 4.43. The minimum Gasteiger partial charge on any atom is -0.488 e. The van der Waals surface area contributed by atoms with Gasteiger partial charge < -0.3 is 4.74 Å². The lowest BCUT2D eigenvalue weighted by Gasteiger charge is -2.21. The molecule has 0 bridgehead atoms. The minimum atomic E-state index is -0.674. The van der Waals surface area contributed by atoms with Crippen LogP contribution in [0, 0.1) is 0 Å². The number of benzene rings is 1. The molecule has 0 saturated carbocycles. The van der Waals surface area contributed by atoms with Gasteiger partial charge in [-0.3, -0.25) is 10.5 Å². The predicted molar refractivity (Wildman–Crippen MR) is 54.3 cm³/mol. The molecule has 75 valence electrons. The zero-order chi connectivity index (χ0) is 10.8. The molecule has 1 aromatic rings. The topological polar surface area (TPSA) is 50.1 Å². The summed E-state index contributed by atoms with van der Waals surface area (Å²) >= 11 is 0. The van der Waals surface area contributed by atoms with E-state index in [1.54, 1.807) is 24.3 Å². The van der Waals surface area contributed by atoms with Gasteiger partial charge in [-0.05, 0) is 45.0 Å². The second-order valence-electron chi connectivity index (χ2n) is 4.07. The van der Waals surface area contributed by atoms with Gasteiger partial charge in [0.05, 0.1) is 0 Å². The highest BCUT2D eigenvalue weighted by Gasteiger charge is 2.11. The van der Waals surface area contributed by atoms with Crippen molar-refractivity contribution >= 4 is 5.91 Å². The molecule has 0 fully saturated rings. The van der Waals surface area contributed by atoms with Gasteiger partial charge in [-0.1, -0.05) is 0 Å². The molecule has 0 unspecified atom stereocenters. The van der Waals surface area contributed by atoms with Crippen LogP contribution in [0.3, 0.4) is 0 Å². The number of ether oxygens (including phenoxy) is 1. The maximum Gasteiger partial charge on any atom is 0.269 e. The molecule has 3 nitrogen and oxygen atoms in total. The number of carbonyl (C=O) groups is 1. The maximum absolute atomic E-state index is 10.7. The molecule has 14 heavy (non-hydrogen) atoms. The lowest BCUT2D eigenvalue weighted by molar-refractivity contribution is 0.0992. The first-order valence-corrected chi connectivity index (χ1v) is 4.43. The van der Waals surface area contributed by atoms with Gasteiger partial charge in [-0.2, -0.15) is 0 Å². The van der Waals surface area contributed by atoms with Crippen LogP contribution in [-0.4, -0.2) is 11.5 Å². The van der Waals surface area contributed by atoms with Crippen molar-refractivity contribution in [2.75, 3.05) is 0 Å². The highest BCUT2D eigenvalue weighted by Crippen LogP contribution is 2.18. The fourth-order valence-corrected chi connectivity index (χ4v) is 1.03. The third kappa shape index (κ3) is 3.09. The van der Waals surface area contributed by atoms with Crippen LogP contribution in [-0.2, 0) is 0 Å². The van der Waals surface area contributed by atoms with Crippen molar-refractivity contribution in [3.05, 3.63) is 29.8 Å². The van der Waals surface area contributed by atoms with E-state index in [1.165, 1.54) is 0 Å². The van der Waals surface area contributed by atoms with Crippen molar-refractivity contribution in [3.8, 4) is 5.75 Å². The van der Waals surface area contributed by atoms with E-state index in [4.69, 9.17) is 10.5 Å². The Labute approximate surface area is 83.9 Å². The van der Waals surface area contributed by atoms with Gasteiger partial charge in [0, 0.05) is 5.56 Å². The molecule has 1 rings (SSSR count). The van der Waals surface area contributed by atoms with E-state index in [2.05, 4.69) is 0 Å². The van der Waals surface area contributed by atoms with Crippen LogP contribution < -0.4 is 10.5 Å². The number of hydrogen-bond acceptors (Lipinski definition) is 2. The van der Waals surface area contributed by atoms with Gasteiger partial charge in [0.1, 0.15) is 11.4 Å². The highest BCUT2D eigenvalue weighted by molar-refractivity contribution is 5.92. The summed E-state index contributed by atoms with van der Waals surface area (Å²) in [5.74, 6) is 0.0369. The molecule has 1 N–H and O–H groups in total. The molecular weight excluding hydrogens is 178 g/mol. The van der Waals surface area contributed by atoms with Crippen molar-refractivity contribution < 1.29 is 9.53 Å². The van der Waals surface area contributed by atoms with Crippen LogP contribution in [0.25, 0.3) is 0 Å². The van der Waals surface area contributed by atoms with Gasteiger partial charge in [0.2, 0.25) is 0 Å². The highest BCUT2D eigenvalue weighted by atomic mass is 16.5. The number of rotatable bonds is 2. The standard InChI is InChI=1S/C11H14NO2/c1-11(2,3)14-9-6-4-8(5-7-9)10(12)13/h4-7,12H,1-3H3. The Hall–Kier alpha value is -1.51. The zero-order valence-corrected chi connectivity index (χ0v) is 8.63. The lowest BCUT2D eigenvalue weighted by atomic mass is 10.1. The Morgan fingerprint density at radius 3 is 2.07 bits per heavy atom. The molecule has 1 aromatic carbocycles. The summed E-state index contributed by atoms with van der Waals surface area (Å²) < 4.78 is 5.56. The van der Waals surface area contributed by atoms with E-state index in [0.717, 1.165) is 0 Å². The van der Waals surface area contributed by atoms with Gasteiger partial charge in [-0.25, -0.2) is 0 Å². The molecule has 0 aromatic heterocycles. The van der Waals surface area contributed by atoms with Gasteiger partial charge in [0.15, 0.2) is 0 Å². The molecule has 1 amide bonds. The number of nitrogens with one attached hydrogen (secondary N) is 1. The molecule has 0 aliphatic carbocycles. The summed E-state index contributed by atoms with van der Waals surface area (Å²) in [5.41, 5.74) is 7.03. The molecule has 1 radical (unpaired) electrons. The monoisotopic (exact) mass is 192 g/mol. The van der Waals surface area contributed by atoms with E-state index in [9.17, 15) is 4.79 Å². The summed E-state index contributed by atoms with van der Waals surface area (Å²) in [6.07, 6.45) is 0. The fourth-order valence-electron chi connectivity index (χ4n) is 1.03. The van der Waals surface area contributed by atoms with E-state index >= 15 is 0 Å². The number of carbonyl (C=O) groups excluding carboxylic acids is 1. The smallest absolute Gasteiger partial charge is 0.269 e. The van der Waals surface area contributed by atoms with E-state index in [-0.39, 0.29) is 5.60 Å². The first kappa shape index (κ1) is 10.6. The summed E-state index contributed by atoms with van der Waals surface area (Å²) in [5, 5.41) is 0. The van der Waals surface area contributed by atoms with Crippen LogP contribution in [0.15, 0.2) is 24.3 Å². The Morgan fingerprint density at radius 2 is 1.71 bits per heavy atom. The Balaban J connectivity index is 2.79. The second-order valence-corrected chi connectivity index (χ2v) is 4.07. The predicted octanol–water partition coefficient (Wildman–Crippen LogP) is 2.29. The van der Waals surface area contributed by atoms with Crippen LogP contribution in [0.2, 0.25) is 0 Å². The number of amides is 1. The van der Waals surface area contributed by atoms with Crippen molar-refractivity contribution in [3.63, 3.8) is 0 Å². The van der Waals surface area contributed by atoms with Crippen molar-refractivity contribution in [2.24, 2.45) is 0 Å². The minimum absolute atomic E-state index is 0.244. The molecule has 3 heteroatoms. The molecule has 0 spiro atoms. The van der Waals surface area contributed by atoms with E-state index < -0.39 is 5.91 Å². The SMILES string of the molecule is CC(C)(C)Oc1ccc(C([NH])=O)cc1. The van der Waals surface area contributed by atoms with Crippen LogP contribution in [0.5, 0.6) is 5.75 Å². The fraction of sp³-hybridized carbons (Fsp3) is 0.364. The largest absolute Gasteiger partial charge is 0.488 e. The molecule has 0 aliphatic rings. The summed E-state index contributed by atoms with van der Waals surface area (Å²) in [6.45, 7) is 5.86. The quantitative estimate of drug-likeness (QED) is 0.721. The van der Waals surface area contributed by atoms with Crippen LogP contribution >= 0.6 is 0 Å². The van der Waals surface area contributed by atoms with E-state index in [1.807, 2.05) is 20.8 Å². The normalized spacial score (nSPS) is 11.1. The molecule has 0 aliphatic heterocycles. The van der Waals surface area contributed by atoms with Crippen molar-refractivity contribution in [1.29, 1.82) is 0 Å². The maximum atomic E-state index is 10.7. The molecule has 0 heterocycles. The summed E-state index contributed by atoms with van der Waals surface area (Å²) in [6, 6.07) is 6.59. The van der Waals surface area contributed by atoms with Gasteiger partial charge >= 0.3 is 0 Å². The Kier molecular flexibility index (Phi) is 2.79. The Bertz CT molecular complexity index is 322.